The zero-order chi connectivity index (χ0) is 13.0. The summed E-state index contributed by atoms with van der Waals surface area (Å²) in [5, 5.41) is 7.68. The summed E-state index contributed by atoms with van der Waals surface area (Å²) in [6.07, 6.45) is 0.838. The maximum atomic E-state index is 11.1. The van der Waals surface area contributed by atoms with Crippen molar-refractivity contribution in [2.75, 3.05) is 0 Å². The molecule has 1 heterocycles. The van der Waals surface area contributed by atoms with Crippen LogP contribution in [0.15, 0.2) is 29.4 Å². The van der Waals surface area contributed by atoms with Gasteiger partial charge in [-0.2, -0.15) is 0 Å². The molecule has 5 nitrogen and oxygen atoms in total. The second-order valence-corrected chi connectivity index (χ2v) is 4.71. The van der Waals surface area contributed by atoms with Crippen LogP contribution in [-0.2, 0) is 12.2 Å². The lowest BCUT2D eigenvalue weighted by atomic mass is 10.1. The van der Waals surface area contributed by atoms with E-state index >= 15 is 0 Å². The van der Waals surface area contributed by atoms with E-state index in [2.05, 4.69) is 15.2 Å². The molecule has 0 aliphatic rings. The van der Waals surface area contributed by atoms with E-state index in [1.807, 2.05) is 19.1 Å². The summed E-state index contributed by atoms with van der Waals surface area (Å²) in [5.41, 5.74) is 6.79. The molecule has 0 saturated carbocycles. The highest BCUT2D eigenvalue weighted by molar-refractivity contribution is 7.98. The molecular formula is C12H14N4OS. The first kappa shape index (κ1) is 12.6. The Balaban J connectivity index is 2.01. The summed E-state index contributed by atoms with van der Waals surface area (Å²) in [5.74, 6) is 1.18. The van der Waals surface area contributed by atoms with Gasteiger partial charge in [0.05, 0.1) is 0 Å². The van der Waals surface area contributed by atoms with Gasteiger partial charge < -0.3 is 5.73 Å². The molecule has 0 saturated heterocycles. The number of nitrogens with one attached hydrogen (secondary N) is 1. The lowest BCUT2D eigenvalue weighted by Crippen LogP contribution is -2.10. The number of amides is 1. The van der Waals surface area contributed by atoms with E-state index in [1.54, 1.807) is 12.1 Å². The van der Waals surface area contributed by atoms with Crippen LogP contribution in [0.5, 0.6) is 0 Å². The van der Waals surface area contributed by atoms with Crippen LogP contribution in [0.1, 0.15) is 28.7 Å². The molecule has 0 atom stereocenters. The third kappa shape index (κ3) is 3.10. The number of primary amides is 1. The first-order valence-corrected chi connectivity index (χ1v) is 6.60. The standard InChI is InChI=1S/C12H14N4OS/c1-2-10-14-12(16-15-10)18-7-8-4-3-5-9(6-8)11(13)17/h3-6H,2,7H2,1H3,(H2,13,17)(H,14,15,16). The molecule has 1 amide bonds. The molecule has 0 bridgehead atoms. The Morgan fingerprint density at radius 3 is 3.00 bits per heavy atom. The van der Waals surface area contributed by atoms with Crippen molar-refractivity contribution in [2.45, 2.75) is 24.3 Å². The number of thioether (sulfide) groups is 1. The van der Waals surface area contributed by atoms with E-state index in [9.17, 15) is 4.79 Å². The van der Waals surface area contributed by atoms with Gasteiger partial charge in [-0.15, -0.1) is 5.10 Å². The second-order valence-electron chi connectivity index (χ2n) is 3.77. The Kier molecular flexibility index (Phi) is 3.99. The average molecular weight is 262 g/mol. The van der Waals surface area contributed by atoms with Crippen molar-refractivity contribution in [3.05, 3.63) is 41.2 Å². The number of rotatable bonds is 5. The van der Waals surface area contributed by atoms with Gasteiger partial charge in [-0.1, -0.05) is 30.8 Å². The van der Waals surface area contributed by atoms with Crippen molar-refractivity contribution in [2.24, 2.45) is 5.73 Å². The normalized spacial score (nSPS) is 10.5. The molecule has 1 aromatic carbocycles. The molecule has 94 valence electrons. The smallest absolute Gasteiger partial charge is 0.248 e. The van der Waals surface area contributed by atoms with Gasteiger partial charge in [0, 0.05) is 17.7 Å². The van der Waals surface area contributed by atoms with Crippen LogP contribution in [-0.4, -0.2) is 21.1 Å². The number of carbonyl (C=O) groups excluding carboxylic acids is 1. The van der Waals surface area contributed by atoms with E-state index in [-0.39, 0.29) is 0 Å². The van der Waals surface area contributed by atoms with Crippen molar-refractivity contribution >= 4 is 17.7 Å². The number of aromatic amines is 1. The number of aryl methyl sites for hydroxylation is 1. The minimum absolute atomic E-state index is 0.409. The lowest BCUT2D eigenvalue weighted by Gasteiger charge is -2.00. The summed E-state index contributed by atoms with van der Waals surface area (Å²) >= 11 is 1.52. The van der Waals surface area contributed by atoms with Gasteiger partial charge in [-0.25, -0.2) is 4.98 Å². The number of nitrogens with zero attached hydrogens (tertiary/aromatic N) is 2. The zero-order valence-corrected chi connectivity index (χ0v) is 10.8. The number of hydrogen-bond donors (Lipinski definition) is 2. The van der Waals surface area contributed by atoms with E-state index in [4.69, 9.17) is 5.73 Å². The highest BCUT2D eigenvalue weighted by Crippen LogP contribution is 2.19. The van der Waals surface area contributed by atoms with Gasteiger partial charge in [-0.05, 0) is 17.7 Å². The fraction of sp³-hybridized carbons (Fsp3) is 0.250. The number of carbonyl (C=O) groups is 1. The van der Waals surface area contributed by atoms with Crippen molar-refractivity contribution < 1.29 is 4.79 Å². The fourth-order valence-corrected chi connectivity index (χ4v) is 2.22. The maximum absolute atomic E-state index is 11.1. The molecule has 1 aromatic heterocycles. The third-order valence-corrected chi connectivity index (χ3v) is 3.34. The van der Waals surface area contributed by atoms with E-state index in [0.717, 1.165) is 23.0 Å². The first-order valence-electron chi connectivity index (χ1n) is 5.62. The Bertz CT molecular complexity index is 553. The van der Waals surface area contributed by atoms with Gasteiger partial charge in [0.25, 0.3) is 0 Å². The molecule has 0 unspecified atom stereocenters. The molecule has 0 aliphatic heterocycles. The molecule has 0 aliphatic carbocycles. The van der Waals surface area contributed by atoms with Crippen molar-refractivity contribution in [3.63, 3.8) is 0 Å². The summed E-state index contributed by atoms with van der Waals surface area (Å²) in [6.45, 7) is 2.02. The zero-order valence-electron chi connectivity index (χ0n) is 10.0. The van der Waals surface area contributed by atoms with Crippen LogP contribution in [0.3, 0.4) is 0 Å². The average Bonchev–Trinajstić information content (AvgIpc) is 2.84. The van der Waals surface area contributed by atoms with Crippen LogP contribution < -0.4 is 5.73 Å². The molecule has 3 N–H and O–H groups in total. The predicted octanol–water partition coefficient (Wildman–Crippen LogP) is 1.76. The van der Waals surface area contributed by atoms with Gasteiger partial charge in [0.2, 0.25) is 11.1 Å². The molecule has 0 radical (unpaired) electrons. The monoisotopic (exact) mass is 262 g/mol. The van der Waals surface area contributed by atoms with E-state index < -0.39 is 5.91 Å². The number of aromatic nitrogens is 3. The fourth-order valence-electron chi connectivity index (χ4n) is 1.46. The minimum atomic E-state index is -0.409. The Morgan fingerprint density at radius 1 is 1.50 bits per heavy atom. The van der Waals surface area contributed by atoms with Gasteiger partial charge in [0.1, 0.15) is 5.82 Å². The lowest BCUT2D eigenvalue weighted by molar-refractivity contribution is 0.1000. The SMILES string of the molecule is CCc1nc(SCc2cccc(C(N)=O)c2)n[nH]1. The van der Waals surface area contributed by atoms with Crippen LogP contribution in [0.2, 0.25) is 0 Å². The number of nitrogens with two attached hydrogens (primary N) is 1. The summed E-state index contributed by atoms with van der Waals surface area (Å²) in [6, 6.07) is 7.28. The van der Waals surface area contributed by atoms with Crippen LogP contribution in [0.4, 0.5) is 0 Å². The molecule has 2 rings (SSSR count). The largest absolute Gasteiger partial charge is 0.366 e. The summed E-state index contributed by atoms with van der Waals surface area (Å²) in [7, 11) is 0. The molecule has 0 spiro atoms. The highest BCUT2D eigenvalue weighted by atomic mass is 32.2. The number of benzene rings is 1. The molecule has 0 fully saturated rings. The summed E-state index contributed by atoms with van der Waals surface area (Å²) in [4.78, 5) is 15.4. The van der Waals surface area contributed by atoms with Crippen molar-refractivity contribution in [3.8, 4) is 0 Å². The highest BCUT2D eigenvalue weighted by Gasteiger charge is 2.05. The second kappa shape index (κ2) is 5.68. The van der Waals surface area contributed by atoms with Crippen molar-refractivity contribution in [1.82, 2.24) is 15.2 Å². The minimum Gasteiger partial charge on any atom is -0.366 e. The van der Waals surface area contributed by atoms with Crippen LogP contribution in [0.25, 0.3) is 0 Å². The first-order chi connectivity index (χ1) is 8.69. The predicted molar refractivity (Wildman–Crippen MR) is 70.3 cm³/mol. The molecular weight excluding hydrogens is 248 g/mol. The maximum Gasteiger partial charge on any atom is 0.248 e. The van der Waals surface area contributed by atoms with Crippen molar-refractivity contribution in [1.29, 1.82) is 0 Å². The molecule has 6 heteroatoms. The summed E-state index contributed by atoms with van der Waals surface area (Å²) < 4.78 is 0. The molecule has 2 aromatic rings. The van der Waals surface area contributed by atoms with Crippen LogP contribution >= 0.6 is 11.8 Å². The van der Waals surface area contributed by atoms with Gasteiger partial charge in [-0.3, -0.25) is 9.89 Å². The third-order valence-electron chi connectivity index (χ3n) is 2.43. The van der Waals surface area contributed by atoms with E-state index in [1.165, 1.54) is 11.8 Å². The number of H-pyrrole nitrogens is 1. The number of hydrogen-bond acceptors (Lipinski definition) is 4. The topological polar surface area (TPSA) is 84.7 Å². The molecule has 18 heavy (non-hydrogen) atoms. The Labute approximate surface area is 109 Å². The Morgan fingerprint density at radius 2 is 2.33 bits per heavy atom. The Hall–Kier alpha value is -1.82. The quantitative estimate of drug-likeness (QED) is 0.804. The van der Waals surface area contributed by atoms with Gasteiger partial charge in [0.15, 0.2) is 0 Å². The van der Waals surface area contributed by atoms with E-state index in [0.29, 0.717) is 11.3 Å². The van der Waals surface area contributed by atoms with Crippen LogP contribution in [0, 0.1) is 0 Å². The van der Waals surface area contributed by atoms with Gasteiger partial charge >= 0.3 is 0 Å².